The summed E-state index contributed by atoms with van der Waals surface area (Å²) in [5, 5.41) is 22.9. The van der Waals surface area contributed by atoms with Crippen molar-refractivity contribution in [1.29, 1.82) is 0 Å². The molecule has 0 bridgehead atoms. The second-order valence-electron chi connectivity index (χ2n) is 24.2. The van der Waals surface area contributed by atoms with E-state index in [-0.39, 0.29) is 0 Å². The summed E-state index contributed by atoms with van der Waals surface area (Å²) < 4.78 is 7.40. The minimum Gasteiger partial charge on any atom is -0.354 e. The number of halogens is 1. The van der Waals surface area contributed by atoms with Crippen molar-refractivity contribution in [2.45, 2.75) is 0 Å². The fourth-order valence-corrected chi connectivity index (χ4v) is 15.5. The highest BCUT2D eigenvalue weighted by Crippen LogP contribution is 2.49. The van der Waals surface area contributed by atoms with Gasteiger partial charge in [0.05, 0.1) is 60.7 Å². The summed E-state index contributed by atoms with van der Waals surface area (Å²) in [5.41, 5.74) is 16.2. The molecule has 9 heteroatoms. The Morgan fingerprint density at radius 1 is 0.280 bits per heavy atom. The van der Waals surface area contributed by atoms with Crippen molar-refractivity contribution in [3.63, 3.8) is 0 Å². The van der Waals surface area contributed by atoms with Gasteiger partial charge in [0.15, 0.2) is 11.6 Å². The maximum Gasteiger partial charge on any atom is 0.162 e. The lowest BCUT2D eigenvalue weighted by Crippen LogP contribution is -2.02. The Morgan fingerprint density at radius 3 is 1.34 bits per heavy atom. The molecule has 0 aliphatic carbocycles. The zero-order chi connectivity index (χ0) is 61.0. The molecule has 0 aliphatic heterocycles. The largest absolute Gasteiger partial charge is 0.354 e. The lowest BCUT2D eigenvalue weighted by Gasteiger charge is -2.13. The maximum absolute atomic E-state index is 6.16. The molecule has 0 atom stereocenters. The van der Waals surface area contributed by atoms with Gasteiger partial charge in [-0.15, -0.1) is 0 Å². The standard InChI is InChI=1S/C42H24N4.C28H16N2.C14H9ClN2/c1-2-13-26(14-3-1)41-43-34-19-9-6-17-30(34)42(44-41)46-35-20-10-7-16-28(35)32-24-33-29-23-22-25-12-4-5-15-27(25)38(29)45-36-21-11-8-18-31(36)37(39(33)45)40(32)46;1-2-8-17-16(7-1)13-14-19-22-15-21-18-9-3-5-11-23(18)29-26(21)25-20-10-4-6-12-24(20)30(27(17)19)28(22)25;15-13-11-8-4-5-9-12(11)16-14(17-13)10-6-2-1-3-7-10/h1-24H;1-15,29H;1-9H. The summed E-state index contributed by atoms with van der Waals surface area (Å²) in [6.45, 7) is 0. The molecular formula is C84H49ClN8. The van der Waals surface area contributed by atoms with E-state index in [1.807, 2.05) is 72.8 Å². The summed E-state index contributed by atoms with van der Waals surface area (Å²) in [4.78, 5) is 23.0. The van der Waals surface area contributed by atoms with Gasteiger partial charge in [-0.05, 0) is 71.4 Å². The first-order valence-electron chi connectivity index (χ1n) is 31.4. The molecule has 0 unspecified atom stereocenters. The lowest BCUT2D eigenvalue weighted by atomic mass is 10.0. The first-order valence-corrected chi connectivity index (χ1v) is 31.8. The SMILES string of the molecule is Clc1nc(-c2ccccc2)nc2ccccc12.c1ccc(-c2nc(-n3c4ccccc4c4cc5c6ccc7ccccc7c6n6c7ccccc7c(c43)c56)c3ccccc3n2)cc1.c1ccc2c(c1)ccc1c3cc4c5ccccc5[nH]c4c4c5ccccc5n(c21)c34. The zero-order valence-corrected chi connectivity index (χ0v) is 50.5. The van der Waals surface area contributed by atoms with Gasteiger partial charge in [0, 0.05) is 103 Å². The third-order valence-corrected chi connectivity index (χ3v) is 19.5. The predicted molar refractivity (Wildman–Crippen MR) is 389 cm³/mol. The minimum atomic E-state index is 0.495. The van der Waals surface area contributed by atoms with Gasteiger partial charge < -0.3 is 13.8 Å². The Labute approximate surface area is 534 Å². The van der Waals surface area contributed by atoms with Crippen molar-refractivity contribution in [1.82, 2.24) is 38.3 Å². The molecule has 8 heterocycles. The van der Waals surface area contributed by atoms with Gasteiger partial charge in [-0.3, -0.25) is 4.57 Å². The fraction of sp³-hybridized carbons (Fsp3) is 0. The highest BCUT2D eigenvalue weighted by atomic mass is 35.5. The molecule has 0 radical (unpaired) electrons. The molecule has 0 saturated heterocycles. The van der Waals surface area contributed by atoms with E-state index < -0.39 is 0 Å². The van der Waals surface area contributed by atoms with Crippen molar-refractivity contribution in [2.24, 2.45) is 0 Å². The minimum absolute atomic E-state index is 0.495. The third kappa shape index (κ3) is 7.49. The molecule has 22 aromatic rings. The average Bonchev–Trinajstić information content (AvgIpc) is 1.52. The van der Waals surface area contributed by atoms with Crippen LogP contribution in [0.1, 0.15) is 0 Å². The average molecular weight is 1210 g/mol. The molecule has 14 aromatic carbocycles. The molecule has 1 N–H and O–H groups in total. The summed E-state index contributed by atoms with van der Waals surface area (Å²) >= 11 is 6.16. The lowest BCUT2D eigenvalue weighted by molar-refractivity contribution is 1.08. The van der Waals surface area contributed by atoms with Crippen molar-refractivity contribution in [2.75, 3.05) is 0 Å². The van der Waals surface area contributed by atoms with Crippen LogP contribution in [0.4, 0.5) is 0 Å². The molecular weight excluding hydrogens is 1160 g/mol. The monoisotopic (exact) mass is 1200 g/mol. The third-order valence-electron chi connectivity index (χ3n) is 19.2. The second-order valence-corrected chi connectivity index (χ2v) is 24.5. The fourth-order valence-electron chi connectivity index (χ4n) is 15.3. The van der Waals surface area contributed by atoms with E-state index in [1.54, 1.807) is 0 Å². The van der Waals surface area contributed by atoms with Crippen LogP contribution < -0.4 is 0 Å². The van der Waals surface area contributed by atoms with Crippen molar-refractivity contribution >= 4 is 175 Å². The van der Waals surface area contributed by atoms with Crippen LogP contribution in [0.3, 0.4) is 0 Å². The Morgan fingerprint density at radius 2 is 0.720 bits per heavy atom. The van der Waals surface area contributed by atoms with Gasteiger partial charge in [-0.2, -0.15) is 0 Å². The first-order chi connectivity index (χ1) is 46.1. The van der Waals surface area contributed by atoms with E-state index in [2.05, 4.69) is 247 Å². The predicted octanol–water partition coefficient (Wildman–Crippen LogP) is 22.3. The molecule has 0 saturated carbocycles. The van der Waals surface area contributed by atoms with Crippen LogP contribution >= 0.6 is 11.6 Å². The molecule has 8 nitrogen and oxygen atoms in total. The van der Waals surface area contributed by atoms with Gasteiger partial charge in [-0.1, -0.05) is 242 Å². The van der Waals surface area contributed by atoms with Gasteiger partial charge in [-0.25, -0.2) is 19.9 Å². The second kappa shape index (κ2) is 19.9. The molecule has 8 aromatic heterocycles. The molecule has 0 aliphatic rings. The Balaban J connectivity index is 0.000000108. The van der Waals surface area contributed by atoms with Crippen molar-refractivity contribution in [3.8, 4) is 28.6 Å². The quantitative estimate of drug-likeness (QED) is 0.179. The number of fused-ring (bicyclic) bond motifs is 26. The number of para-hydroxylation sites is 6. The molecule has 0 amide bonds. The van der Waals surface area contributed by atoms with Crippen LogP contribution in [0.5, 0.6) is 0 Å². The van der Waals surface area contributed by atoms with Crippen LogP contribution in [0.15, 0.2) is 291 Å². The Hall–Kier alpha value is -12.2. The van der Waals surface area contributed by atoms with E-state index in [4.69, 9.17) is 21.6 Å². The highest BCUT2D eigenvalue weighted by Gasteiger charge is 2.27. The summed E-state index contributed by atoms with van der Waals surface area (Å²) in [7, 11) is 0. The van der Waals surface area contributed by atoms with E-state index in [1.165, 1.54) is 136 Å². The van der Waals surface area contributed by atoms with Crippen LogP contribution in [-0.2, 0) is 0 Å². The van der Waals surface area contributed by atoms with Crippen LogP contribution in [0.25, 0.3) is 192 Å². The van der Waals surface area contributed by atoms with Crippen molar-refractivity contribution < 1.29 is 0 Å². The first kappa shape index (κ1) is 51.6. The topological polar surface area (TPSA) is 81.1 Å². The number of nitrogens with one attached hydrogen (secondary N) is 1. The van der Waals surface area contributed by atoms with E-state index >= 15 is 0 Å². The zero-order valence-electron chi connectivity index (χ0n) is 49.7. The Bertz CT molecular complexity index is 6810. The van der Waals surface area contributed by atoms with Gasteiger partial charge in [0.1, 0.15) is 11.0 Å². The number of H-pyrrole nitrogens is 1. The number of hydrogen-bond donors (Lipinski definition) is 1. The van der Waals surface area contributed by atoms with E-state index in [0.29, 0.717) is 11.0 Å². The van der Waals surface area contributed by atoms with Crippen LogP contribution in [0, 0.1) is 0 Å². The molecule has 432 valence electrons. The number of hydrogen-bond acceptors (Lipinski definition) is 4. The van der Waals surface area contributed by atoms with E-state index in [9.17, 15) is 0 Å². The molecule has 0 spiro atoms. The number of aromatic amines is 1. The van der Waals surface area contributed by atoms with Crippen LogP contribution in [0.2, 0.25) is 5.15 Å². The molecule has 93 heavy (non-hydrogen) atoms. The molecule has 22 rings (SSSR count). The van der Waals surface area contributed by atoms with Gasteiger partial charge >= 0.3 is 0 Å². The van der Waals surface area contributed by atoms with Gasteiger partial charge in [0.2, 0.25) is 0 Å². The summed E-state index contributed by atoms with van der Waals surface area (Å²) in [6.07, 6.45) is 0. The summed E-state index contributed by atoms with van der Waals surface area (Å²) in [6, 6.07) is 103. The van der Waals surface area contributed by atoms with Crippen LogP contribution in [-0.4, -0.2) is 38.3 Å². The normalized spacial score (nSPS) is 12.1. The Kier molecular flexibility index (Phi) is 11.0. The smallest absolute Gasteiger partial charge is 0.162 e. The summed E-state index contributed by atoms with van der Waals surface area (Å²) in [5.74, 6) is 2.27. The molecule has 0 fully saturated rings. The van der Waals surface area contributed by atoms with E-state index in [0.717, 1.165) is 50.1 Å². The number of nitrogens with zero attached hydrogens (tertiary/aromatic N) is 7. The highest BCUT2D eigenvalue weighted by molar-refractivity contribution is 6.38. The maximum atomic E-state index is 6.16. The number of benzene rings is 14. The van der Waals surface area contributed by atoms with Gasteiger partial charge in [0.25, 0.3) is 0 Å². The number of aromatic nitrogens is 8. The van der Waals surface area contributed by atoms with Crippen molar-refractivity contribution in [3.05, 3.63) is 296 Å². The number of rotatable bonds is 3.